The lowest BCUT2D eigenvalue weighted by Crippen LogP contribution is -2.64. The van der Waals surface area contributed by atoms with Crippen LogP contribution in [0.2, 0.25) is 0 Å². The fourth-order valence-electron chi connectivity index (χ4n) is 3.44. The molecule has 1 atom stereocenters. The Hall–Kier alpha value is -1.03. The molecule has 1 saturated heterocycles. The normalized spacial score (nSPS) is 27.7. The molecule has 1 aromatic rings. The van der Waals surface area contributed by atoms with E-state index >= 15 is 0 Å². The summed E-state index contributed by atoms with van der Waals surface area (Å²) in [5.74, 6) is 1.14. The van der Waals surface area contributed by atoms with Gasteiger partial charge in [-0.05, 0) is 19.8 Å². The highest BCUT2D eigenvalue weighted by atomic mass is 15.4. The summed E-state index contributed by atoms with van der Waals surface area (Å²) in [6.07, 6.45) is 8.83. The van der Waals surface area contributed by atoms with Crippen LogP contribution in [0, 0.1) is 0 Å². The SMILES string of the molecule is CC1CNC2(CCCCC2)CN1c1ccn(C)n1. The van der Waals surface area contributed by atoms with Crippen LogP contribution in [-0.4, -0.2) is 34.5 Å². The van der Waals surface area contributed by atoms with E-state index in [1.807, 2.05) is 17.9 Å². The monoisotopic (exact) mass is 248 g/mol. The molecule has 4 nitrogen and oxygen atoms in total. The summed E-state index contributed by atoms with van der Waals surface area (Å²) in [5.41, 5.74) is 0.349. The summed E-state index contributed by atoms with van der Waals surface area (Å²) in [4.78, 5) is 2.49. The summed E-state index contributed by atoms with van der Waals surface area (Å²) >= 11 is 0. The van der Waals surface area contributed by atoms with Crippen LogP contribution in [0.3, 0.4) is 0 Å². The molecule has 0 amide bonds. The number of piperazine rings is 1. The average Bonchev–Trinajstić information content (AvgIpc) is 2.80. The van der Waals surface area contributed by atoms with E-state index in [4.69, 9.17) is 0 Å². The van der Waals surface area contributed by atoms with E-state index in [1.165, 1.54) is 32.1 Å². The standard InChI is InChI=1S/C14H24N4/c1-12-10-15-14(7-4-3-5-8-14)11-18(12)13-6-9-17(2)16-13/h6,9,12,15H,3-5,7-8,10-11H2,1-2H3. The van der Waals surface area contributed by atoms with E-state index in [-0.39, 0.29) is 0 Å². The zero-order valence-electron chi connectivity index (χ0n) is 11.5. The summed E-state index contributed by atoms with van der Waals surface area (Å²) < 4.78 is 1.90. The maximum absolute atomic E-state index is 4.58. The van der Waals surface area contributed by atoms with Crippen LogP contribution in [0.25, 0.3) is 0 Å². The van der Waals surface area contributed by atoms with E-state index < -0.39 is 0 Å². The Balaban J connectivity index is 1.80. The molecule has 1 unspecified atom stereocenters. The minimum Gasteiger partial charge on any atom is -0.349 e. The van der Waals surface area contributed by atoms with Crippen molar-refractivity contribution in [3.63, 3.8) is 0 Å². The zero-order chi connectivity index (χ0) is 12.6. The van der Waals surface area contributed by atoms with Gasteiger partial charge in [-0.1, -0.05) is 19.3 Å². The lowest BCUT2D eigenvalue weighted by Gasteiger charge is -2.49. The van der Waals surface area contributed by atoms with Crippen molar-refractivity contribution in [3.05, 3.63) is 12.3 Å². The molecule has 100 valence electrons. The Bertz CT molecular complexity index is 406. The lowest BCUT2D eigenvalue weighted by molar-refractivity contribution is 0.200. The van der Waals surface area contributed by atoms with E-state index in [1.54, 1.807) is 0 Å². The van der Waals surface area contributed by atoms with Gasteiger partial charge in [-0.3, -0.25) is 4.68 Å². The highest BCUT2D eigenvalue weighted by Gasteiger charge is 2.39. The average molecular weight is 248 g/mol. The van der Waals surface area contributed by atoms with Crippen LogP contribution >= 0.6 is 0 Å². The second-order valence-corrected chi connectivity index (χ2v) is 6.05. The van der Waals surface area contributed by atoms with Crippen molar-refractivity contribution < 1.29 is 0 Å². The number of aromatic nitrogens is 2. The van der Waals surface area contributed by atoms with Crippen LogP contribution in [0.4, 0.5) is 5.82 Å². The van der Waals surface area contributed by atoms with Crippen molar-refractivity contribution in [2.24, 2.45) is 7.05 Å². The van der Waals surface area contributed by atoms with Crippen LogP contribution in [0.5, 0.6) is 0 Å². The Morgan fingerprint density at radius 1 is 1.33 bits per heavy atom. The van der Waals surface area contributed by atoms with Crippen LogP contribution < -0.4 is 10.2 Å². The Morgan fingerprint density at radius 2 is 2.11 bits per heavy atom. The molecule has 0 bridgehead atoms. The van der Waals surface area contributed by atoms with E-state index in [2.05, 4.69) is 28.3 Å². The van der Waals surface area contributed by atoms with Gasteiger partial charge in [0.15, 0.2) is 5.82 Å². The Kier molecular flexibility index (Phi) is 3.06. The predicted octanol–water partition coefficient (Wildman–Crippen LogP) is 1.92. The second kappa shape index (κ2) is 4.57. The molecular formula is C14H24N4. The fourth-order valence-corrected chi connectivity index (χ4v) is 3.44. The van der Waals surface area contributed by atoms with Crippen LogP contribution in [0.15, 0.2) is 12.3 Å². The first-order chi connectivity index (χ1) is 8.69. The topological polar surface area (TPSA) is 33.1 Å². The molecule has 18 heavy (non-hydrogen) atoms. The molecule has 2 aliphatic rings. The van der Waals surface area contributed by atoms with Gasteiger partial charge in [-0.15, -0.1) is 0 Å². The molecule has 1 aliphatic heterocycles. The number of aryl methyl sites for hydroxylation is 1. The van der Waals surface area contributed by atoms with E-state index in [0.717, 1.165) is 18.9 Å². The first-order valence-electron chi connectivity index (χ1n) is 7.20. The van der Waals surface area contributed by atoms with Gasteiger partial charge in [0.05, 0.1) is 0 Å². The summed E-state index contributed by atoms with van der Waals surface area (Å²) in [6.45, 7) is 4.49. The van der Waals surface area contributed by atoms with Gasteiger partial charge in [-0.25, -0.2) is 0 Å². The third-order valence-corrected chi connectivity index (χ3v) is 4.58. The van der Waals surface area contributed by atoms with Gasteiger partial charge < -0.3 is 10.2 Å². The first-order valence-corrected chi connectivity index (χ1v) is 7.20. The van der Waals surface area contributed by atoms with Crippen molar-refractivity contribution >= 4 is 5.82 Å². The summed E-state index contributed by atoms with van der Waals surface area (Å²) in [6, 6.07) is 2.67. The van der Waals surface area contributed by atoms with Crippen molar-refractivity contribution in [1.29, 1.82) is 0 Å². The number of hydrogen-bond acceptors (Lipinski definition) is 3. The maximum atomic E-state index is 4.58. The van der Waals surface area contributed by atoms with E-state index in [9.17, 15) is 0 Å². The highest BCUT2D eigenvalue weighted by molar-refractivity contribution is 5.40. The fraction of sp³-hybridized carbons (Fsp3) is 0.786. The van der Waals surface area contributed by atoms with Gasteiger partial charge in [-0.2, -0.15) is 5.10 Å². The predicted molar refractivity (Wildman–Crippen MR) is 73.8 cm³/mol. The van der Waals surface area contributed by atoms with E-state index in [0.29, 0.717) is 11.6 Å². The molecule has 0 aromatic carbocycles. The third-order valence-electron chi connectivity index (χ3n) is 4.58. The second-order valence-electron chi connectivity index (χ2n) is 6.05. The maximum Gasteiger partial charge on any atom is 0.150 e. The number of hydrogen-bond donors (Lipinski definition) is 1. The summed E-state index contributed by atoms with van der Waals surface area (Å²) in [5, 5.41) is 8.39. The number of anilines is 1. The summed E-state index contributed by atoms with van der Waals surface area (Å²) in [7, 11) is 1.99. The molecule has 1 aliphatic carbocycles. The van der Waals surface area contributed by atoms with Crippen molar-refractivity contribution in [2.45, 2.75) is 50.6 Å². The Morgan fingerprint density at radius 3 is 2.78 bits per heavy atom. The molecular weight excluding hydrogens is 224 g/mol. The molecule has 1 aromatic heterocycles. The zero-order valence-corrected chi connectivity index (χ0v) is 11.5. The molecule has 1 spiro atoms. The third kappa shape index (κ3) is 2.14. The Labute approximate surface area is 109 Å². The minimum atomic E-state index is 0.349. The number of nitrogens with zero attached hydrogens (tertiary/aromatic N) is 3. The highest BCUT2D eigenvalue weighted by Crippen LogP contribution is 2.33. The molecule has 2 fully saturated rings. The van der Waals surface area contributed by atoms with Crippen LogP contribution in [0.1, 0.15) is 39.0 Å². The molecule has 1 saturated carbocycles. The van der Waals surface area contributed by atoms with Gasteiger partial charge in [0, 0.05) is 44.0 Å². The van der Waals surface area contributed by atoms with Gasteiger partial charge >= 0.3 is 0 Å². The van der Waals surface area contributed by atoms with Gasteiger partial charge in [0.25, 0.3) is 0 Å². The first kappa shape index (κ1) is 12.0. The quantitative estimate of drug-likeness (QED) is 0.824. The van der Waals surface area contributed by atoms with Crippen molar-refractivity contribution in [3.8, 4) is 0 Å². The van der Waals surface area contributed by atoms with Crippen molar-refractivity contribution in [1.82, 2.24) is 15.1 Å². The minimum absolute atomic E-state index is 0.349. The van der Waals surface area contributed by atoms with Gasteiger partial charge in [0.1, 0.15) is 0 Å². The molecule has 2 heterocycles. The lowest BCUT2D eigenvalue weighted by atomic mass is 9.79. The van der Waals surface area contributed by atoms with Crippen molar-refractivity contribution in [2.75, 3.05) is 18.0 Å². The molecule has 0 radical (unpaired) electrons. The molecule has 4 heteroatoms. The molecule has 3 rings (SSSR count). The molecule has 1 N–H and O–H groups in total. The van der Waals surface area contributed by atoms with Crippen LogP contribution in [-0.2, 0) is 7.05 Å². The largest absolute Gasteiger partial charge is 0.349 e. The number of rotatable bonds is 1. The van der Waals surface area contributed by atoms with Gasteiger partial charge in [0.2, 0.25) is 0 Å². The number of nitrogens with one attached hydrogen (secondary N) is 1. The smallest absolute Gasteiger partial charge is 0.150 e.